The second kappa shape index (κ2) is 6.40. The number of benzene rings is 2. The fraction of sp³-hybridized carbons (Fsp3) is 0.250. The minimum Gasteiger partial charge on any atom is -0.330 e. The second-order valence-corrected chi connectivity index (χ2v) is 7.61. The van der Waals surface area contributed by atoms with Crippen LogP contribution >= 0.6 is 0 Å². The van der Waals surface area contributed by atoms with Gasteiger partial charge in [-0.1, -0.05) is 18.7 Å². The van der Waals surface area contributed by atoms with Gasteiger partial charge in [-0.3, -0.25) is 0 Å². The van der Waals surface area contributed by atoms with Crippen LogP contribution in [-0.4, -0.2) is 6.04 Å². The number of nitrogens with zero attached hydrogens (tertiary/aromatic N) is 1. The molecule has 0 amide bonds. The van der Waals surface area contributed by atoms with Gasteiger partial charge in [0.2, 0.25) is 0 Å². The maximum atomic E-state index is 14.9. The van der Waals surface area contributed by atoms with Crippen LogP contribution in [0.2, 0.25) is 0 Å². The number of aryl methyl sites for hydroxylation is 1. The number of halogens is 3. The Morgan fingerprint density at radius 2 is 1.68 bits per heavy atom. The van der Waals surface area contributed by atoms with Crippen molar-refractivity contribution in [3.8, 4) is 0 Å². The molecule has 4 rings (SSSR count). The molecule has 1 unspecified atom stereocenters. The van der Waals surface area contributed by atoms with E-state index < -0.39 is 11.9 Å². The molecule has 0 saturated heterocycles. The van der Waals surface area contributed by atoms with Crippen LogP contribution in [0.15, 0.2) is 53.9 Å². The first-order valence-electron chi connectivity index (χ1n) is 9.34. The first kappa shape index (κ1) is 18.6. The molecular weight excluding hydrogens is 359 g/mol. The summed E-state index contributed by atoms with van der Waals surface area (Å²) in [5, 5.41) is 0. The molecule has 4 heteroatoms. The van der Waals surface area contributed by atoms with Crippen molar-refractivity contribution in [2.45, 2.75) is 40.2 Å². The van der Waals surface area contributed by atoms with Gasteiger partial charge >= 0.3 is 0 Å². The molecule has 0 fully saturated rings. The van der Waals surface area contributed by atoms with Crippen molar-refractivity contribution < 1.29 is 13.2 Å². The largest absolute Gasteiger partial charge is 0.330 e. The van der Waals surface area contributed by atoms with Gasteiger partial charge in [-0.05, 0) is 79.3 Å². The SMILES string of the molecule is C=CC1=C2c3c(cc(F)c(C)c3C)N(c3ccc(C)cc3F)C2CC(F)=C1C. The summed E-state index contributed by atoms with van der Waals surface area (Å²) in [5.74, 6) is -1.00. The Kier molecular flexibility index (Phi) is 4.25. The Morgan fingerprint density at radius 1 is 0.964 bits per heavy atom. The number of hydrogen-bond donors (Lipinski definition) is 0. The molecule has 2 aromatic carbocycles. The van der Waals surface area contributed by atoms with Gasteiger partial charge in [0, 0.05) is 12.0 Å². The molecule has 144 valence electrons. The van der Waals surface area contributed by atoms with Gasteiger partial charge in [-0.2, -0.15) is 0 Å². The summed E-state index contributed by atoms with van der Waals surface area (Å²) in [7, 11) is 0. The second-order valence-electron chi connectivity index (χ2n) is 7.61. The fourth-order valence-electron chi connectivity index (χ4n) is 4.40. The number of allylic oxidation sites excluding steroid dienone is 3. The molecule has 2 aliphatic rings. The van der Waals surface area contributed by atoms with Gasteiger partial charge in [0.25, 0.3) is 0 Å². The summed E-state index contributed by atoms with van der Waals surface area (Å²) in [6.45, 7) is 11.0. The van der Waals surface area contributed by atoms with Crippen LogP contribution in [0, 0.1) is 32.4 Å². The van der Waals surface area contributed by atoms with Crippen LogP contribution in [-0.2, 0) is 0 Å². The van der Waals surface area contributed by atoms with Crippen molar-refractivity contribution in [2.24, 2.45) is 0 Å². The first-order valence-corrected chi connectivity index (χ1v) is 9.34. The average molecular weight is 381 g/mol. The van der Waals surface area contributed by atoms with Gasteiger partial charge in [-0.15, -0.1) is 0 Å². The lowest BCUT2D eigenvalue weighted by Gasteiger charge is -2.31. The van der Waals surface area contributed by atoms with E-state index in [0.717, 1.165) is 22.3 Å². The Balaban J connectivity index is 2.10. The highest BCUT2D eigenvalue weighted by Gasteiger charge is 2.42. The molecular formula is C24H22F3N. The van der Waals surface area contributed by atoms with E-state index in [1.54, 1.807) is 30.9 Å². The van der Waals surface area contributed by atoms with Crippen molar-refractivity contribution >= 4 is 16.9 Å². The van der Waals surface area contributed by atoms with E-state index in [0.29, 0.717) is 28.1 Å². The Bertz CT molecular complexity index is 1090. The summed E-state index contributed by atoms with van der Waals surface area (Å²) < 4.78 is 44.4. The molecule has 2 aromatic rings. The smallest absolute Gasteiger partial charge is 0.147 e. The van der Waals surface area contributed by atoms with Gasteiger partial charge in [0.1, 0.15) is 17.5 Å². The number of anilines is 2. The lowest BCUT2D eigenvalue weighted by molar-refractivity contribution is 0.552. The highest BCUT2D eigenvalue weighted by atomic mass is 19.1. The monoisotopic (exact) mass is 381 g/mol. The van der Waals surface area contributed by atoms with Crippen molar-refractivity contribution in [1.82, 2.24) is 0 Å². The highest BCUT2D eigenvalue weighted by molar-refractivity contribution is 5.98. The van der Waals surface area contributed by atoms with Crippen LogP contribution < -0.4 is 4.90 Å². The fourth-order valence-corrected chi connectivity index (χ4v) is 4.40. The van der Waals surface area contributed by atoms with Crippen molar-refractivity contribution in [1.29, 1.82) is 0 Å². The molecule has 1 nitrogen and oxygen atoms in total. The molecule has 0 N–H and O–H groups in total. The Labute approximate surface area is 163 Å². The molecule has 28 heavy (non-hydrogen) atoms. The van der Waals surface area contributed by atoms with Crippen molar-refractivity contribution in [2.75, 3.05) is 4.90 Å². The van der Waals surface area contributed by atoms with Gasteiger partial charge in [-0.25, -0.2) is 13.2 Å². The summed E-state index contributed by atoms with van der Waals surface area (Å²) in [6, 6.07) is 5.94. The third-order valence-electron chi connectivity index (χ3n) is 6.03. The van der Waals surface area contributed by atoms with Crippen molar-refractivity contribution in [3.05, 3.63) is 87.8 Å². The lowest BCUT2D eigenvalue weighted by atomic mass is 9.83. The molecule has 1 aliphatic heterocycles. The summed E-state index contributed by atoms with van der Waals surface area (Å²) in [4.78, 5) is 1.74. The number of fused-ring (bicyclic) bond motifs is 3. The zero-order valence-corrected chi connectivity index (χ0v) is 16.5. The lowest BCUT2D eigenvalue weighted by Crippen LogP contribution is -2.30. The van der Waals surface area contributed by atoms with Crippen LogP contribution in [0.4, 0.5) is 24.5 Å². The van der Waals surface area contributed by atoms with E-state index in [-0.39, 0.29) is 18.1 Å². The van der Waals surface area contributed by atoms with E-state index in [1.165, 1.54) is 12.1 Å². The maximum absolute atomic E-state index is 14.9. The van der Waals surface area contributed by atoms with Crippen molar-refractivity contribution in [3.63, 3.8) is 0 Å². The van der Waals surface area contributed by atoms with E-state index in [2.05, 4.69) is 6.58 Å². The zero-order chi connectivity index (χ0) is 20.3. The molecule has 1 aliphatic carbocycles. The van der Waals surface area contributed by atoms with Crippen LogP contribution in [0.3, 0.4) is 0 Å². The van der Waals surface area contributed by atoms with Gasteiger partial charge in [0.05, 0.1) is 17.4 Å². The van der Waals surface area contributed by atoms with Crippen LogP contribution in [0.25, 0.3) is 5.57 Å². The van der Waals surface area contributed by atoms with E-state index >= 15 is 0 Å². The maximum Gasteiger partial charge on any atom is 0.147 e. The molecule has 0 bridgehead atoms. The molecule has 0 radical (unpaired) electrons. The predicted molar refractivity (Wildman–Crippen MR) is 108 cm³/mol. The predicted octanol–water partition coefficient (Wildman–Crippen LogP) is 7.00. The summed E-state index contributed by atoms with van der Waals surface area (Å²) >= 11 is 0. The van der Waals surface area contributed by atoms with Crippen LogP contribution in [0.5, 0.6) is 0 Å². The number of hydrogen-bond acceptors (Lipinski definition) is 1. The van der Waals surface area contributed by atoms with E-state index in [4.69, 9.17) is 0 Å². The average Bonchev–Trinajstić information content (AvgIpc) is 2.94. The zero-order valence-electron chi connectivity index (χ0n) is 16.5. The Morgan fingerprint density at radius 3 is 2.32 bits per heavy atom. The van der Waals surface area contributed by atoms with Gasteiger partial charge in [0.15, 0.2) is 0 Å². The highest BCUT2D eigenvalue weighted by Crippen LogP contribution is 2.54. The molecule has 0 saturated carbocycles. The summed E-state index contributed by atoms with van der Waals surface area (Å²) in [6.07, 6.45) is 1.76. The molecule has 1 atom stereocenters. The third kappa shape index (κ3) is 2.47. The molecule has 0 aromatic heterocycles. The van der Waals surface area contributed by atoms with E-state index in [9.17, 15) is 13.2 Å². The minimum absolute atomic E-state index is 0.112. The van der Waals surface area contributed by atoms with Gasteiger partial charge < -0.3 is 4.90 Å². The minimum atomic E-state index is -0.441. The molecule has 1 heterocycles. The normalized spacial score (nSPS) is 18.5. The third-order valence-corrected chi connectivity index (χ3v) is 6.03. The number of rotatable bonds is 2. The van der Waals surface area contributed by atoms with E-state index in [1.807, 2.05) is 19.9 Å². The standard InChI is InChI=1S/C24H22F3N/c1-6-16-15(5)18(26)11-22-24(16)23-14(4)13(3)17(25)10-21(23)28(22)20-8-7-12(2)9-19(20)27/h6-10,22H,1,11H2,2-5H3. The first-order chi connectivity index (χ1) is 13.3. The van der Waals surface area contributed by atoms with Crippen LogP contribution in [0.1, 0.15) is 35.6 Å². The quantitative estimate of drug-likeness (QED) is 0.541. The topological polar surface area (TPSA) is 3.24 Å². The molecule has 0 spiro atoms. The Hall–Kier alpha value is -2.75. The summed E-state index contributed by atoms with van der Waals surface area (Å²) in [5.41, 5.74) is 6.02.